The Hall–Kier alpha value is -0.0800. The molecule has 0 aromatic carbocycles. The van der Waals surface area contributed by atoms with Crippen molar-refractivity contribution >= 4 is 0 Å². The van der Waals surface area contributed by atoms with Gasteiger partial charge in [-0.15, -0.1) is 0 Å². The molecule has 0 amide bonds. The number of aliphatic hydroxyl groups is 1. The lowest BCUT2D eigenvalue weighted by molar-refractivity contribution is 0.00147. The van der Waals surface area contributed by atoms with Crippen molar-refractivity contribution in [1.29, 1.82) is 0 Å². The fraction of sp³-hybridized carbons (Fsp3) is 1.00. The zero-order chi connectivity index (χ0) is 8.81. The van der Waals surface area contributed by atoms with Crippen LogP contribution in [-0.4, -0.2) is 35.7 Å². The lowest BCUT2D eigenvalue weighted by Gasteiger charge is -2.35. The SMILES string of the molecule is CCCCCCCN1CC(O)C1. The third kappa shape index (κ3) is 3.55. The number of hydrogen-bond acceptors (Lipinski definition) is 2. The Bertz CT molecular complexity index is 110. The van der Waals surface area contributed by atoms with E-state index in [0.717, 1.165) is 13.1 Å². The minimum atomic E-state index is -0.0272. The summed E-state index contributed by atoms with van der Waals surface area (Å²) in [5.41, 5.74) is 0. The molecule has 0 atom stereocenters. The second kappa shape index (κ2) is 5.55. The summed E-state index contributed by atoms with van der Waals surface area (Å²) in [6.45, 7) is 5.26. The van der Waals surface area contributed by atoms with Crippen molar-refractivity contribution < 1.29 is 5.11 Å². The summed E-state index contributed by atoms with van der Waals surface area (Å²) in [5, 5.41) is 9.02. The van der Waals surface area contributed by atoms with Crippen molar-refractivity contribution in [3.8, 4) is 0 Å². The van der Waals surface area contributed by atoms with Gasteiger partial charge < -0.3 is 5.11 Å². The average molecular weight is 171 g/mol. The minimum Gasteiger partial charge on any atom is -0.390 e. The van der Waals surface area contributed by atoms with Crippen LogP contribution in [0.25, 0.3) is 0 Å². The van der Waals surface area contributed by atoms with E-state index in [2.05, 4.69) is 11.8 Å². The van der Waals surface area contributed by atoms with E-state index in [1.54, 1.807) is 0 Å². The first-order valence-electron chi connectivity index (χ1n) is 5.23. The van der Waals surface area contributed by atoms with Crippen molar-refractivity contribution in [1.82, 2.24) is 4.90 Å². The molecule has 72 valence electrons. The Morgan fingerprint density at radius 2 is 1.83 bits per heavy atom. The van der Waals surface area contributed by atoms with Gasteiger partial charge in [-0.2, -0.15) is 0 Å². The first kappa shape index (κ1) is 10.0. The number of unbranched alkanes of at least 4 members (excludes halogenated alkanes) is 4. The fourth-order valence-electron chi connectivity index (χ4n) is 1.66. The second-order valence-corrected chi connectivity index (χ2v) is 3.83. The summed E-state index contributed by atoms with van der Waals surface area (Å²) >= 11 is 0. The van der Waals surface area contributed by atoms with Crippen molar-refractivity contribution in [2.45, 2.75) is 45.1 Å². The first-order valence-corrected chi connectivity index (χ1v) is 5.23. The maximum Gasteiger partial charge on any atom is 0.0793 e. The van der Waals surface area contributed by atoms with Gasteiger partial charge in [-0.05, 0) is 13.0 Å². The molecule has 0 aromatic rings. The molecular formula is C10H21NO. The monoisotopic (exact) mass is 171 g/mol. The van der Waals surface area contributed by atoms with Crippen molar-refractivity contribution in [2.75, 3.05) is 19.6 Å². The summed E-state index contributed by atoms with van der Waals surface area (Å²) in [6, 6.07) is 0. The van der Waals surface area contributed by atoms with E-state index in [4.69, 9.17) is 5.11 Å². The van der Waals surface area contributed by atoms with Gasteiger partial charge in [-0.25, -0.2) is 0 Å². The molecule has 0 spiro atoms. The van der Waals surface area contributed by atoms with Gasteiger partial charge in [0.25, 0.3) is 0 Å². The summed E-state index contributed by atoms with van der Waals surface area (Å²) in [5.74, 6) is 0. The lowest BCUT2D eigenvalue weighted by Crippen LogP contribution is -2.50. The number of rotatable bonds is 6. The van der Waals surface area contributed by atoms with Crippen LogP contribution in [0, 0.1) is 0 Å². The molecule has 12 heavy (non-hydrogen) atoms. The number of nitrogens with zero attached hydrogens (tertiary/aromatic N) is 1. The Labute approximate surface area is 75.6 Å². The van der Waals surface area contributed by atoms with Gasteiger partial charge in [0, 0.05) is 13.1 Å². The number of β-amino-alcohol motifs (C(OH)–C–C–N with tert-alkyl or cyclic N) is 1. The molecule has 0 bridgehead atoms. The third-order valence-corrected chi connectivity index (χ3v) is 2.52. The molecule has 1 aliphatic rings. The molecule has 1 aliphatic heterocycles. The van der Waals surface area contributed by atoms with Gasteiger partial charge in [-0.1, -0.05) is 32.6 Å². The van der Waals surface area contributed by atoms with Gasteiger partial charge in [0.05, 0.1) is 6.10 Å². The maximum atomic E-state index is 9.02. The van der Waals surface area contributed by atoms with Crippen LogP contribution in [0.3, 0.4) is 0 Å². The van der Waals surface area contributed by atoms with Crippen molar-refractivity contribution in [2.24, 2.45) is 0 Å². The number of hydrogen-bond donors (Lipinski definition) is 1. The topological polar surface area (TPSA) is 23.5 Å². The van der Waals surface area contributed by atoms with Crippen LogP contribution in [0.15, 0.2) is 0 Å². The van der Waals surface area contributed by atoms with Crippen LogP contribution in [0.5, 0.6) is 0 Å². The zero-order valence-corrected chi connectivity index (χ0v) is 8.13. The Morgan fingerprint density at radius 3 is 2.42 bits per heavy atom. The standard InChI is InChI=1S/C10H21NO/c1-2-3-4-5-6-7-11-8-10(12)9-11/h10,12H,2-9H2,1H3. The molecule has 1 saturated heterocycles. The van der Waals surface area contributed by atoms with E-state index in [1.165, 1.54) is 38.6 Å². The van der Waals surface area contributed by atoms with Crippen LogP contribution >= 0.6 is 0 Å². The van der Waals surface area contributed by atoms with Gasteiger partial charge in [0.1, 0.15) is 0 Å². The van der Waals surface area contributed by atoms with Gasteiger partial charge in [-0.3, -0.25) is 4.90 Å². The molecule has 0 aliphatic carbocycles. The molecule has 1 rings (SSSR count). The normalized spacial score (nSPS) is 19.5. The highest BCUT2D eigenvalue weighted by Gasteiger charge is 2.22. The van der Waals surface area contributed by atoms with Crippen LogP contribution in [0.1, 0.15) is 39.0 Å². The quantitative estimate of drug-likeness (QED) is 0.614. The van der Waals surface area contributed by atoms with Crippen molar-refractivity contribution in [3.63, 3.8) is 0 Å². The van der Waals surface area contributed by atoms with E-state index in [-0.39, 0.29) is 6.10 Å². The van der Waals surface area contributed by atoms with Gasteiger partial charge in [0.2, 0.25) is 0 Å². The molecule has 0 unspecified atom stereocenters. The Balaban J connectivity index is 1.77. The number of likely N-dealkylation sites (tertiary alicyclic amines) is 1. The van der Waals surface area contributed by atoms with Crippen LogP contribution in [-0.2, 0) is 0 Å². The Kier molecular flexibility index (Phi) is 4.62. The molecule has 0 saturated carbocycles. The van der Waals surface area contributed by atoms with Gasteiger partial charge in [0.15, 0.2) is 0 Å². The van der Waals surface area contributed by atoms with E-state index in [9.17, 15) is 0 Å². The highest BCUT2D eigenvalue weighted by Crippen LogP contribution is 2.10. The average Bonchev–Trinajstić information content (AvgIpc) is 2.00. The molecule has 0 radical (unpaired) electrons. The largest absolute Gasteiger partial charge is 0.390 e. The number of aliphatic hydroxyl groups excluding tert-OH is 1. The summed E-state index contributed by atoms with van der Waals surface area (Å²) in [6.07, 6.45) is 6.73. The lowest BCUT2D eigenvalue weighted by atomic mass is 10.1. The smallest absolute Gasteiger partial charge is 0.0793 e. The van der Waals surface area contributed by atoms with E-state index in [0.29, 0.717) is 0 Å². The highest BCUT2D eigenvalue weighted by molar-refractivity contribution is 4.77. The molecule has 2 heteroatoms. The summed E-state index contributed by atoms with van der Waals surface area (Å²) in [4.78, 5) is 2.33. The minimum absolute atomic E-state index is 0.0272. The van der Waals surface area contributed by atoms with Crippen LogP contribution < -0.4 is 0 Å². The van der Waals surface area contributed by atoms with Gasteiger partial charge >= 0.3 is 0 Å². The van der Waals surface area contributed by atoms with E-state index >= 15 is 0 Å². The molecule has 1 fully saturated rings. The summed E-state index contributed by atoms with van der Waals surface area (Å²) in [7, 11) is 0. The first-order chi connectivity index (χ1) is 5.83. The second-order valence-electron chi connectivity index (χ2n) is 3.83. The van der Waals surface area contributed by atoms with Crippen LogP contribution in [0.2, 0.25) is 0 Å². The maximum absolute atomic E-state index is 9.02. The van der Waals surface area contributed by atoms with E-state index < -0.39 is 0 Å². The third-order valence-electron chi connectivity index (χ3n) is 2.52. The molecule has 0 aromatic heterocycles. The summed E-state index contributed by atoms with van der Waals surface area (Å²) < 4.78 is 0. The van der Waals surface area contributed by atoms with E-state index in [1.807, 2.05) is 0 Å². The van der Waals surface area contributed by atoms with Crippen molar-refractivity contribution in [3.05, 3.63) is 0 Å². The van der Waals surface area contributed by atoms with Crippen LogP contribution in [0.4, 0.5) is 0 Å². The molecular weight excluding hydrogens is 150 g/mol. The Morgan fingerprint density at radius 1 is 1.17 bits per heavy atom. The fourth-order valence-corrected chi connectivity index (χ4v) is 1.66. The predicted molar refractivity (Wildman–Crippen MR) is 51.2 cm³/mol. The zero-order valence-electron chi connectivity index (χ0n) is 8.13. The molecule has 1 heterocycles. The highest BCUT2D eigenvalue weighted by atomic mass is 16.3. The molecule has 1 N–H and O–H groups in total. The molecule has 2 nitrogen and oxygen atoms in total. The predicted octanol–water partition coefficient (Wildman–Crippen LogP) is 1.63.